The van der Waals surface area contributed by atoms with Crippen molar-refractivity contribution in [1.82, 2.24) is 15.4 Å². The van der Waals surface area contributed by atoms with Crippen molar-refractivity contribution in [3.8, 4) is 0 Å². The molecule has 1 aromatic heterocycles. The molecule has 0 radical (unpaired) electrons. The van der Waals surface area contributed by atoms with E-state index in [1.165, 1.54) is 6.20 Å². The van der Waals surface area contributed by atoms with Crippen molar-refractivity contribution in [3.63, 3.8) is 0 Å². The average molecular weight is 284 g/mol. The number of nitrogens with zero attached hydrogens (tertiary/aromatic N) is 2. The highest BCUT2D eigenvalue weighted by atomic mass is 35.5. The van der Waals surface area contributed by atoms with E-state index in [1.807, 2.05) is 13.8 Å². The summed E-state index contributed by atoms with van der Waals surface area (Å²) >= 11 is 5.95. The molecule has 0 atom stereocenters. The summed E-state index contributed by atoms with van der Waals surface area (Å²) in [7, 11) is 0. The summed E-state index contributed by atoms with van der Waals surface area (Å²) in [4.78, 5) is 25.6. The summed E-state index contributed by atoms with van der Waals surface area (Å²) in [5.41, 5.74) is 2.60. The van der Waals surface area contributed by atoms with Crippen molar-refractivity contribution < 1.29 is 9.63 Å². The van der Waals surface area contributed by atoms with Crippen molar-refractivity contribution in [3.05, 3.63) is 22.7 Å². The highest BCUT2D eigenvalue weighted by molar-refractivity contribution is 6.33. The van der Waals surface area contributed by atoms with Crippen LogP contribution in [0, 0.1) is 0 Å². The Morgan fingerprint density at radius 1 is 1.47 bits per heavy atom. The van der Waals surface area contributed by atoms with E-state index in [-0.39, 0.29) is 22.7 Å². The van der Waals surface area contributed by atoms with Gasteiger partial charge in [0.2, 0.25) is 0 Å². The summed E-state index contributed by atoms with van der Waals surface area (Å²) < 4.78 is 0. The lowest BCUT2D eigenvalue weighted by molar-refractivity contribution is -0.0127. The number of carbonyl (C=O) groups excluding carboxylic acids is 1. The molecule has 6 heteroatoms. The first-order chi connectivity index (χ1) is 9.08. The van der Waals surface area contributed by atoms with Gasteiger partial charge >= 0.3 is 0 Å². The lowest BCUT2D eigenvalue weighted by atomic mass is 10.2. The fraction of sp³-hybridized carbons (Fsp3) is 0.615. The van der Waals surface area contributed by atoms with Crippen LogP contribution in [0.3, 0.4) is 0 Å². The second-order valence-corrected chi connectivity index (χ2v) is 5.44. The Bertz CT molecular complexity index is 459. The summed E-state index contributed by atoms with van der Waals surface area (Å²) in [6.45, 7) is 3.92. The standard InChI is InChI=1S/C13H18ClN3O2/c1-8(2)12-15-7-10(14)11(16-12)13(18)17-19-9-5-3-4-6-9/h7-9H,3-6H2,1-2H3,(H,17,18). The van der Waals surface area contributed by atoms with Gasteiger partial charge in [0.25, 0.3) is 5.91 Å². The van der Waals surface area contributed by atoms with Gasteiger partial charge in [0.05, 0.1) is 17.3 Å². The molecule has 1 amide bonds. The first-order valence-corrected chi connectivity index (χ1v) is 6.94. The third-order valence-electron chi connectivity index (χ3n) is 3.11. The lowest BCUT2D eigenvalue weighted by Gasteiger charge is -2.12. The predicted molar refractivity (Wildman–Crippen MR) is 71.9 cm³/mol. The zero-order valence-electron chi connectivity index (χ0n) is 11.1. The Hall–Kier alpha value is -1.20. The molecular weight excluding hydrogens is 266 g/mol. The SMILES string of the molecule is CC(C)c1ncc(Cl)c(C(=O)NOC2CCCC2)n1. The molecule has 1 saturated carbocycles. The van der Waals surface area contributed by atoms with Gasteiger partial charge < -0.3 is 0 Å². The maximum atomic E-state index is 12.0. The van der Waals surface area contributed by atoms with E-state index in [0.717, 1.165) is 25.7 Å². The maximum Gasteiger partial charge on any atom is 0.295 e. The minimum Gasteiger partial charge on any atom is -0.270 e. The van der Waals surface area contributed by atoms with E-state index < -0.39 is 5.91 Å². The molecular formula is C13H18ClN3O2. The van der Waals surface area contributed by atoms with Crippen LogP contribution in [0.1, 0.15) is 61.8 Å². The molecule has 1 aliphatic carbocycles. The van der Waals surface area contributed by atoms with Crippen LogP contribution in [0.2, 0.25) is 5.02 Å². The maximum absolute atomic E-state index is 12.0. The number of hydrogen-bond donors (Lipinski definition) is 1. The molecule has 5 nitrogen and oxygen atoms in total. The molecule has 0 unspecified atom stereocenters. The largest absolute Gasteiger partial charge is 0.295 e. The summed E-state index contributed by atoms with van der Waals surface area (Å²) in [6, 6.07) is 0. The summed E-state index contributed by atoms with van der Waals surface area (Å²) in [5, 5.41) is 0.233. The van der Waals surface area contributed by atoms with Crippen LogP contribution in [0.4, 0.5) is 0 Å². The Morgan fingerprint density at radius 2 is 2.16 bits per heavy atom. The third kappa shape index (κ3) is 3.64. The lowest BCUT2D eigenvalue weighted by Crippen LogP contribution is -2.29. The molecule has 1 aliphatic rings. The van der Waals surface area contributed by atoms with Gasteiger partial charge in [-0.3, -0.25) is 9.63 Å². The second-order valence-electron chi connectivity index (χ2n) is 5.03. The van der Waals surface area contributed by atoms with Crippen molar-refractivity contribution in [2.45, 2.75) is 51.6 Å². The fourth-order valence-corrected chi connectivity index (χ4v) is 2.19. The number of carbonyl (C=O) groups is 1. The minimum absolute atomic E-state index is 0.106. The Morgan fingerprint density at radius 3 is 2.79 bits per heavy atom. The third-order valence-corrected chi connectivity index (χ3v) is 3.39. The van der Waals surface area contributed by atoms with Crippen LogP contribution < -0.4 is 5.48 Å². The van der Waals surface area contributed by atoms with E-state index in [9.17, 15) is 4.79 Å². The van der Waals surface area contributed by atoms with Crippen LogP contribution in [0.25, 0.3) is 0 Å². The average Bonchev–Trinajstić information content (AvgIpc) is 2.89. The molecule has 0 saturated heterocycles. The van der Waals surface area contributed by atoms with Gasteiger partial charge in [-0.1, -0.05) is 38.3 Å². The smallest absolute Gasteiger partial charge is 0.270 e. The number of hydrogen-bond acceptors (Lipinski definition) is 4. The van der Waals surface area contributed by atoms with Crippen molar-refractivity contribution in [1.29, 1.82) is 0 Å². The number of rotatable bonds is 4. The first kappa shape index (κ1) is 14.2. The van der Waals surface area contributed by atoms with Crippen LogP contribution >= 0.6 is 11.6 Å². The molecule has 1 N–H and O–H groups in total. The quantitative estimate of drug-likeness (QED) is 0.863. The van der Waals surface area contributed by atoms with Crippen molar-refractivity contribution in [2.24, 2.45) is 0 Å². The van der Waals surface area contributed by atoms with E-state index >= 15 is 0 Å². The van der Waals surface area contributed by atoms with E-state index in [1.54, 1.807) is 0 Å². The monoisotopic (exact) mass is 283 g/mol. The zero-order chi connectivity index (χ0) is 13.8. The number of halogens is 1. The van der Waals surface area contributed by atoms with Gasteiger partial charge in [-0.15, -0.1) is 0 Å². The molecule has 1 aromatic rings. The Balaban J connectivity index is 2.02. The van der Waals surface area contributed by atoms with Crippen LogP contribution in [0.5, 0.6) is 0 Å². The van der Waals surface area contributed by atoms with E-state index in [0.29, 0.717) is 5.82 Å². The molecule has 0 bridgehead atoms. The van der Waals surface area contributed by atoms with Gasteiger partial charge in [0, 0.05) is 5.92 Å². The number of aromatic nitrogens is 2. The Labute approximate surface area is 117 Å². The molecule has 1 fully saturated rings. The van der Waals surface area contributed by atoms with Gasteiger partial charge in [-0.2, -0.15) is 0 Å². The fourth-order valence-electron chi connectivity index (χ4n) is 2.01. The summed E-state index contributed by atoms with van der Waals surface area (Å²) in [6.07, 6.45) is 5.81. The number of amides is 1. The van der Waals surface area contributed by atoms with Gasteiger partial charge in [0.15, 0.2) is 5.69 Å². The highest BCUT2D eigenvalue weighted by Crippen LogP contribution is 2.20. The Kier molecular flexibility index (Phi) is 4.71. The molecule has 0 aromatic carbocycles. The zero-order valence-corrected chi connectivity index (χ0v) is 11.9. The predicted octanol–water partition coefficient (Wildman–Crippen LogP) is 2.86. The second kappa shape index (κ2) is 6.30. The molecule has 104 valence electrons. The van der Waals surface area contributed by atoms with Gasteiger partial charge in [0.1, 0.15) is 5.82 Å². The normalized spacial score (nSPS) is 16.0. The van der Waals surface area contributed by atoms with Crippen molar-refractivity contribution >= 4 is 17.5 Å². The van der Waals surface area contributed by atoms with Crippen LogP contribution in [0.15, 0.2) is 6.20 Å². The number of hydroxylamine groups is 1. The van der Waals surface area contributed by atoms with E-state index in [4.69, 9.17) is 16.4 Å². The van der Waals surface area contributed by atoms with Crippen LogP contribution in [-0.2, 0) is 4.84 Å². The topological polar surface area (TPSA) is 64.1 Å². The molecule has 0 aliphatic heterocycles. The van der Waals surface area contributed by atoms with Crippen LogP contribution in [-0.4, -0.2) is 22.0 Å². The van der Waals surface area contributed by atoms with Crippen molar-refractivity contribution in [2.75, 3.05) is 0 Å². The highest BCUT2D eigenvalue weighted by Gasteiger charge is 2.20. The minimum atomic E-state index is -0.416. The molecule has 1 heterocycles. The van der Waals surface area contributed by atoms with Gasteiger partial charge in [-0.25, -0.2) is 15.4 Å². The molecule has 19 heavy (non-hydrogen) atoms. The first-order valence-electron chi connectivity index (χ1n) is 6.56. The summed E-state index contributed by atoms with van der Waals surface area (Å²) in [5.74, 6) is 0.316. The van der Waals surface area contributed by atoms with E-state index in [2.05, 4.69) is 15.4 Å². The number of nitrogens with one attached hydrogen (secondary N) is 1. The molecule has 0 spiro atoms. The molecule has 2 rings (SSSR count). The van der Waals surface area contributed by atoms with Gasteiger partial charge in [-0.05, 0) is 12.8 Å².